The lowest BCUT2D eigenvalue weighted by Crippen LogP contribution is -2.44. The maximum absolute atomic E-state index is 11.4. The van der Waals surface area contributed by atoms with Crippen LogP contribution in [-0.4, -0.2) is 67.5 Å². The summed E-state index contributed by atoms with van der Waals surface area (Å²) in [5.41, 5.74) is 0.308. The minimum atomic E-state index is -0.311. The molecule has 0 aromatic carbocycles. The number of guanidine groups is 1. The van der Waals surface area contributed by atoms with Crippen LogP contribution in [0.2, 0.25) is 0 Å². The first kappa shape index (κ1) is 18.0. The first-order valence-corrected chi connectivity index (χ1v) is 6.97. The molecule has 2 saturated heterocycles. The van der Waals surface area contributed by atoms with E-state index >= 15 is 0 Å². The normalized spacial score (nSPS) is 21.4. The Labute approximate surface area is 142 Å². The van der Waals surface area contributed by atoms with Crippen molar-refractivity contribution in [1.82, 2.24) is 20.4 Å². The number of amides is 3. The molecule has 7 nitrogen and oxygen atoms in total. The number of imide groups is 1. The standard InChI is InChI=1S/C13H23N5O2.HI/c1-13(2)4-6-17(9-13)11(14-3)15-5-7-18-10(19)8-16-12(18)20;/h4-9H2,1-3H3,(H,14,15)(H,16,20);1H. The average Bonchev–Trinajstić information content (AvgIpc) is 2.90. The van der Waals surface area contributed by atoms with Gasteiger partial charge in [0.25, 0.3) is 0 Å². The van der Waals surface area contributed by atoms with Crippen molar-refractivity contribution in [3.63, 3.8) is 0 Å². The smallest absolute Gasteiger partial charge is 0.324 e. The highest BCUT2D eigenvalue weighted by molar-refractivity contribution is 14.0. The molecule has 21 heavy (non-hydrogen) atoms. The monoisotopic (exact) mass is 409 g/mol. The molecule has 0 saturated carbocycles. The second kappa shape index (κ2) is 7.28. The number of hydrogen-bond acceptors (Lipinski definition) is 3. The van der Waals surface area contributed by atoms with Gasteiger partial charge in [-0.25, -0.2) is 4.79 Å². The van der Waals surface area contributed by atoms with E-state index < -0.39 is 0 Å². The molecule has 0 bridgehead atoms. The van der Waals surface area contributed by atoms with E-state index in [1.165, 1.54) is 4.90 Å². The van der Waals surface area contributed by atoms with Gasteiger partial charge in [-0.05, 0) is 11.8 Å². The van der Waals surface area contributed by atoms with Gasteiger partial charge in [-0.15, -0.1) is 24.0 Å². The maximum Gasteiger partial charge on any atom is 0.324 e. The molecule has 0 spiro atoms. The van der Waals surface area contributed by atoms with Gasteiger partial charge in [0.05, 0.1) is 6.54 Å². The third-order valence-electron chi connectivity index (χ3n) is 3.74. The molecular weight excluding hydrogens is 385 g/mol. The SMILES string of the molecule is CN=C(NCCN1C(=O)CNC1=O)N1CCC(C)(C)C1.I. The molecule has 0 atom stereocenters. The second-order valence-corrected chi connectivity index (χ2v) is 6.01. The summed E-state index contributed by atoms with van der Waals surface area (Å²) in [4.78, 5) is 30.6. The van der Waals surface area contributed by atoms with Crippen molar-refractivity contribution in [1.29, 1.82) is 0 Å². The molecule has 0 unspecified atom stereocenters. The summed E-state index contributed by atoms with van der Waals surface area (Å²) in [5.74, 6) is 0.664. The Morgan fingerprint density at radius 3 is 2.62 bits per heavy atom. The van der Waals surface area contributed by atoms with E-state index in [-0.39, 0.29) is 42.5 Å². The second-order valence-electron chi connectivity index (χ2n) is 6.01. The lowest BCUT2D eigenvalue weighted by Gasteiger charge is -2.24. The molecule has 2 N–H and O–H groups in total. The highest BCUT2D eigenvalue weighted by Gasteiger charge is 2.31. The largest absolute Gasteiger partial charge is 0.354 e. The molecular formula is C13H24IN5O2. The zero-order valence-electron chi connectivity index (χ0n) is 12.8. The predicted octanol–water partition coefficient (Wildman–Crippen LogP) is 0.463. The Hall–Kier alpha value is -1.06. The molecule has 2 heterocycles. The van der Waals surface area contributed by atoms with Crippen molar-refractivity contribution in [3.8, 4) is 0 Å². The van der Waals surface area contributed by atoms with E-state index in [0.29, 0.717) is 18.5 Å². The summed E-state index contributed by atoms with van der Waals surface area (Å²) >= 11 is 0. The van der Waals surface area contributed by atoms with Crippen molar-refractivity contribution in [2.75, 3.05) is 39.8 Å². The molecule has 0 aliphatic carbocycles. The van der Waals surface area contributed by atoms with E-state index in [4.69, 9.17) is 0 Å². The zero-order chi connectivity index (χ0) is 14.8. The number of carbonyl (C=O) groups excluding carboxylic acids is 2. The summed E-state index contributed by atoms with van der Waals surface area (Å²) in [7, 11) is 1.75. The molecule has 120 valence electrons. The Kier molecular flexibility index (Phi) is 6.24. The predicted molar refractivity (Wildman–Crippen MR) is 91.9 cm³/mol. The van der Waals surface area contributed by atoms with Crippen LogP contribution in [-0.2, 0) is 4.79 Å². The van der Waals surface area contributed by atoms with Crippen LogP contribution in [0.25, 0.3) is 0 Å². The lowest BCUT2D eigenvalue weighted by molar-refractivity contribution is -0.124. The molecule has 2 aliphatic heterocycles. The Balaban J connectivity index is 0.00000220. The van der Waals surface area contributed by atoms with Crippen LogP contribution >= 0.6 is 24.0 Å². The topological polar surface area (TPSA) is 77.0 Å². The van der Waals surface area contributed by atoms with Gasteiger partial charge in [0.2, 0.25) is 5.91 Å². The minimum Gasteiger partial charge on any atom is -0.354 e. The third kappa shape index (κ3) is 4.45. The van der Waals surface area contributed by atoms with Gasteiger partial charge in [0, 0.05) is 33.2 Å². The number of hydrogen-bond donors (Lipinski definition) is 2. The van der Waals surface area contributed by atoms with Gasteiger partial charge < -0.3 is 15.5 Å². The fourth-order valence-electron chi connectivity index (χ4n) is 2.59. The Bertz CT molecular complexity index is 422. The summed E-state index contributed by atoms with van der Waals surface area (Å²) in [5, 5.41) is 5.73. The number of aliphatic imine (C=N–C) groups is 1. The number of carbonyl (C=O) groups is 2. The molecule has 0 radical (unpaired) electrons. The van der Waals surface area contributed by atoms with Crippen LogP contribution in [0, 0.1) is 5.41 Å². The van der Waals surface area contributed by atoms with Gasteiger partial charge in [-0.2, -0.15) is 0 Å². The first-order valence-electron chi connectivity index (χ1n) is 6.97. The van der Waals surface area contributed by atoms with E-state index in [0.717, 1.165) is 25.5 Å². The molecule has 2 aliphatic rings. The van der Waals surface area contributed by atoms with Crippen molar-refractivity contribution < 1.29 is 9.59 Å². The number of urea groups is 1. The summed E-state index contributed by atoms with van der Waals surface area (Å²) in [6.45, 7) is 7.42. The number of nitrogens with zero attached hydrogens (tertiary/aromatic N) is 3. The highest BCUT2D eigenvalue weighted by atomic mass is 127. The maximum atomic E-state index is 11.4. The highest BCUT2D eigenvalue weighted by Crippen LogP contribution is 2.28. The van der Waals surface area contributed by atoms with Gasteiger partial charge in [0.1, 0.15) is 0 Å². The molecule has 2 rings (SSSR count). The molecule has 2 fully saturated rings. The molecule has 8 heteroatoms. The average molecular weight is 409 g/mol. The van der Waals surface area contributed by atoms with Crippen molar-refractivity contribution >= 4 is 41.9 Å². The summed E-state index contributed by atoms with van der Waals surface area (Å²) in [6.07, 6.45) is 1.14. The van der Waals surface area contributed by atoms with E-state index in [1.54, 1.807) is 7.05 Å². The van der Waals surface area contributed by atoms with Crippen LogP contribution in [0.4, 0.5) is 4.79 Å². The van der Waals surface area contributed by atoms with Gasteiger partial charge in [-0.1, -0.05) is 13.8 Å². The zero-order valence-corrected chi connectivity index (χ0v) is 15.1. The van der Waals surface area contributed by atoms with Crippen LogP contribution in [0.3, 0.4) is 0 Å². The molecule has 0 aromatic rings. The van der Waals surface area contributed by atoms with Crippen LogP contribution in [0.5, 0.6) is 0 Å². The lowest BCUT2D eigenvalue weighted by atomic mass is 9.93. The van der Waals surface area contributed by atoms with E-state index in [2.05, 4.69) is 34.4 Å². The fraction of sp³-hybridized carbons (Fsp3) is 0.769. The Morgan fingerprint density at radius 2 is 2.14 bits per heavy atom. The Morgan fingerprint density at radius 1 is 1.43 bits per heavy atom. The van der Waals surface area contributed by atoms with Gasteiger partial charge in [0.15, 0.2) is 5.96 Å². The number of halogens is 1. The van der Waals surface area contributed by atoms with Gasteiger partial charge >= 0.3 is 6.03 Å². The minimum absolute atomic E-state index is 0. The molecule has 3 amide bonds. The molecule has 0 aromatic heterocycles. The van der Waals surface area contributed by atoms with Crippen LogP contribution in [0.1, 0.15) is 20.3 Å². The van der Waals surface area contributed by atoms with Crippen LogP contribution in [0.15, 0.2) is 4.99 Å². The summed E-state index contributed by atoms with van der Waals surface area (Å²) in [6, 6.07) is -0.311. The number of rotatable bonds is 3. The van der Waals surface area contributed by atoms with E-state index in [9.17, 15) is 9.59 Å². The number of nitrogens with one attached hydrogen (secondary N) is 2. The van der Waals surface area contributed by atoms with Crippen molar-refractivity contribution in [2.45, 2.75) is 20.3 Å². The van der Waals surface area contributed by atoms with Crippen molar-refractivity contribution in [3.05, 3.63) is 0 Å². The quantitative estimate of drug-likeness (QED) is 0.308. The fourth-order valence-corrected chi connectivity index (χ4v) is 2.59. The first-order chi connectivity index (χ1) is 9.43. The van der Waals surface area contributed by atoms with E-state index in [1.807, 2.05) is 0 Å². The third-order valence-corrected chi connectivity index (χ3v) is 3.74. The number of likely N-dealkylation sites (tertiary alicyclic amines) is 1. The summed E-state index contributed by atoms with van der Waals surface area (Å²) < 4.78 is 0. The van der Waals surface area contributed by atoms with Crippen LogP contribution < -0.4 is 10.6 Å². The van der Waals surface area contributed by atoms with Gasteiger partial charge in [-0.3, -0.25) is 14.7 Å². The van der Waals surface area contributed by atoms with Crippen molar-refractivity contribution in [2.24, 2.45) is 10.4 Å².